The first-order valence-corrected chi connectivity index (χ1v) is 7.19. The van der Waals surface area contributed by atoms with Crippen LogP contribution >= 0.6 is 0 Å². The van der Waals surface area contributed by atoms with E-state index in [9.17, 15) is 4.79 Å². The highest BCUT2D eigenvalue weighted by Gasteiger charge is 2.32. The number of hydrogen-bond donors (Lipinski definition) is 0. The molecule has 0 aliphatic heterocycles. The molecule has 1 fully saturated rings. The van der Waals surface area contributed by atoms with Gasteiger partial charge in [-0.15, -0.1) is 0 Å². The smallest absolute Gasteiger partial charge is 0.261 e. The number of nitrogens with zero attached hydrogens (tertiary/aromatic N) is 2. The Balaban J connectivity index is 1.60. The number of aromatic nitrogens is 1. The van der Waals surface area contributed by atoms with E-state index in [-0.39, 0.29) is 12.5 Å². The summed E-state index contributed by atoms with van der Waals surface area (Å²) in [4.78, 5) is 18.4. The van der Waals surface area contributed by atoms with Gasteiger partial charge in [-0.3, -0.25) is 9.78 Å². The summed E-state index contributed by atoms with van der Waals surface area (Å²) >= 11 is 0. The third kappa shape index (κ3) is 3.81. The summed E-state index contributed by atoms with van der Waals surface area (Å²) in [6, 6.07) is 13.7. The lowest BCUT2D eigenvalue weighted by Gasteiger charge is -2.22. The summed E-state index contributed by atoms with van der Waals surface area (Å²) in [5.41, 5.74) is 1.05. The van der Waals surface area contributed by atoms with Gasteiger partial charge in [0, 0.05) is 25.0 Å². The van der Waals surface area contributed by atoms with Crippen molar-refractivity contribution < 1.29 is 9.53 Å². The Hall–Kier alpha value is -2.36. The number of pyridine rings is 1. The fraction of sp³-hybridized carbons (Fsp3) is 0.294. The second-order valence-corrected chi connectivity index (χ2v) is 5.22. The molecule has 108 valence electrons. The number of ether oxygens (including phenoxy) is 1. The topological polar surface area (TPSA) is 42.4 Å². The Morgan fingerprint density at radius 1 is 1.19 bits per heavy atom. The zero-order valence-electron chi connectivity index (χ0n) is 11.8. The predicted molar refractivity (Wildman–Crippen MR) is 79.7 cm³/mol. The van der Waals surface area contributed by atoms with Crippen molar-refractivity contribution in [3.05, 3.63) is 60.4 Å². The van der Waals surface area contributed by atoms with Crippen molar-refractivity contribution in [2.75, 3.05) is 6.61 Å². The summed E-state index contributed by atoms with van der Waals surface area (Å²) in [7, 11) is 0. The van der Waals surface area contributed by atoms with Crippen LogP contribution in [0.2, 0.25) is 0 Å². The molecule has 0 radical (unpaired) electrons. The Labute approximate surface area is 124 Å². The van der Waals surface area contributed by atoms with E-state index < -0.39 is 0 Å². The molecular weight excluding hydrogens is 264 g/mol. The highest BCUT2D eigenvalue weighted by atomic mass is 16.5. The van der Waals surface area contributed by atoms with Crippen LogP contribution in [0.5, 0.6) is 5.75 Å². The lowest BCUT2D eigenvalue weighted by molar-refractivity contribution is -0.134. The molecule has 0 saturated heterocycles. The molecule has 1 aliphatic rings. The Morgan fingerprint density at radius 2 is 2.00 bits per heavy atom. The van der Waals surface area contributed by atoms with E-state index in [1.807, 2.05) is 47.4 Å². The number of amides is 1. The minimum absolute atomic E-state index is 0.0326. The molecule has 0 bridgehead atoms. The van der Waals surface area contributed by atoms with Crippen molar-refractivity contribution >= 4 is 5.91 Å². The van der Waals surface area contributed by atoms with Crippen LogP contribution in [-0.4, -0.2) is 28.4 Å². The molecule has 2 aromatic rings. The van der Waals surface area contributed by atoms with E-state index >= 15 is 0 Å². The number of hydrogen-bond acceptors (Lipinski definition) is 3. The van der Waals surface area contributed by atoms with Crippen molar-refractivity contribution in [2.24, 2.45) is 0 Å². The molecule has 0 N–H and O–H groups in total. The van der Waals surface area contributed by atoms with Gasteiger partial charge < -0.3 is 9.64 Å². The maximum Gasteiger partial charge on any atom is 0.261 e. The number of rotatable bonds is 6. The van der Waals surface area contributed by atoms with Crippen molar-refractivity contribution in [1.29, 1.82) is 0 Å². The van der Waals surface area contributed by atoms with Gasteiger partial charge in [0.15, 0.2) is 6.61 Å². The average Bonchev–Trinajstić information content (AvgIpc) is 3.37. The molecule has 1 aromatic carbocycles. The maximum absolute atomic E-state index is 12.4. The van der Waals surface area contributed by atoms with Crippen molar-refractivity contribution in [2.45, 2.75) is 25.4 Å². The molecule has 1 aromatic heterocycles. The van der Waals surface area contributed by atoms with Crippen LogP contribution in [0, 0.1) is 0 Å². The van der Waals surface area contributed by atoms with E-state index in [0.29, 0.717) is 12.6 Å². The summed E-state index contributed by atoms with van der Waals surface area (Å²) in [6.45, 7) is 0.691. The molecule has 3 rings (SSSR count). The minimum Gasteiger partial charge on any atom is -0.484 e. The normalized spacial score (nSPS) is 13.7. The van der Waals surface area contributed by atoms with Gasteiger partial charge in [0.1, 0.15) is 5.75 Å². The molecular formula is C17H18N2O2. The quantitative estimate of drug-likeness (QED) is 0.818. The SMILES string of the molecule is O=C(COc1ccccc1)N(Cc1cccnc1)C1CC1. The monoisotopic (exact) mass is 282 g/mol. The van der Waals surface area contributed by atoms with Gasteiger partial charge in [-0.1, -0.05) is 24.3 Å². The molecule has 4 heteroatoms. The van der Waals surface area contributed by atoms with Crippen LogP contribution in [0.15, 0.2) is 54.9 Å². The largest absolute Gasteiger partial charge is 0.484 e. The second-order valence-electron chi connectivity index (χ2n) is 5.22. The van der Waals surface area contributed by atoms with E-state index in [4.69, 9.17) is 4.74 Å². The van der Waals surface area contributed by atoms with E-state index in [1.165, 1.54) is 0 Å². The maximum atomic E-state index is 12.4. The van der Waals surface area contributed by atoms with E-state index in [0.717, 1.165) is 24.2 Å². The lowest BCUT2D eigenvalue weighted by Crippen LogP contribution is -2.36. The summed E-state index contributed by atoms with van der Waals surface area (Å²) in [5.74, 6) is 0.758. The summed E-state index contributed by atoms with van der Waals surface area (Å²) in [6.07, 6.45) is 5.71. The first-order chi connectivity index (χ1) is 10.3. The number of benzene rings is 1. The Morgan fingerprint density at radius 3 is 2.67 bits per heavy atom. The highest BCUT2D eigenvalue weighted by molar-refractivity contribution is 5.78. The van der Waals surface area contributed by atoms with Gasteiger partial charge >= 0.3 is 0 Å². The third-order valence-electron chi connectivity index (χ3n) is 3.49. The van der Waals surface area contributed by atoms with E-state index in [1.54, 1.807) is 12.4 Å². The van der Waals surface area contributed by atoms with Crippen LogP contribution in [0.4, 0.5) is 0 Å². The minimum atomic E-state index is 0.0326. The standard InChI is InChI=1S/C17H18N2O2/c20-17(13-21-16-6-2-1-3-7-16)19(15-8-9-15)12-14-5-4-10-18-11-14/h1-7,10-11,15H,8-9,12-13H2. The van der Waals surface area contributed by atoms with Crippen molar-refractivity contribution in [3.8, 4) is 5.75 Å². The fourth-order valence-electron chi connectivity index (χ4n) is 2.24. The zero-order chi connectivity index (χ0) is 14.5. The first-order valence-electron chi connectivity index (χ1n) is 7.19. The molecule has 1 amide bonds. The van der Waals surface area contributed by atoms with Crippen LogP contribution in [0.3, 0.4) is 0 Å². The molecule has 1 heterocycles. The predicted octanol–water partition coefficient (Wildman–Crippen LogP) is 2.65. The van der Waals surface area contributed by atoms with E-state index in [2.05, 4.69) is 4.98 Å². The number of para-hydroxylation sites is 1. The molecule has 0 spiro atoms. The summed E-state index contributed by atoms with van der Waals surface area (Å²) in [5, 5.41) is 0. The average molecular weight is 282 g/mol. The van der Waals surface area contributed by atoms with Gasteiger partial charge in [0.05, 0.1) is 0 Å². The van der Waals surface area contributed by atoms with Crippen LogP contribution in [0.1, 0.15) is 18.4 Å². The van der Waals surface area contributed by atoms with Crippen molar-refractivity contribution in [1.82, 2.24) is 9.88 Å². The van der Waals surface area contributed by atoms with Gasteiger partial charge in [-0.2, -0.15) is 0 Å². The number of carbonyl (C=O) groups excluding carboxylic acids is 1. The van der Waals surface area contributed by atoms with Gasteiger partial charge in [0.2, 0.25) is 0 Å². The third-order valence-corrected chi connectivity index (χ3v) is 3.49. The molecule has 0 atom stereocenters. The van der Waals surface area contributed by atoms with Crippen LogP contribution in [0.25, 0.3) is 0 Å². The van der Waals surface area contributed by atoms with Crippen molar-refractivity contribution in [3.63, 3.8) is 0 Å². The van der Waals surface area contributed by atoms with Crippen LogP contribution < -0.4 is 4.74 Å². The Bertz CT molecular complexity index is 582. The molecule has 21 heavy (non-hydrogen) atoms. The Kier molecular flexibility index (Phi) is 4.15. The molecule has 0 unspecified atom stereocenters. The van der Waals surface area contributed by atoms with Gasteiger partial charge in [0.25, 0.3) is 5.91 Å². The molecule has 4 nitrogen and oxygen atoms in total. The molecule has 1 saturated carbocycles. The van der Waals surface area contributed by atoms with Crippen LogP contribution in [-0.2, 0) is 11.3 Å². The zero-order valence-corrected chi connectivity index (χ0v) is 11.8. The second kappa shape index (κ2) is 6.39. The number of carbonyl (C=O) groups is 1. The van der Waals surface area contributed by atoms with Gasteiger partial charge in [-0.25, -0.2) is 0 Å². The highest BCUT2D eigenvalue weighted by Crippen LogP contribution is 2.28. The summed E-state index contributed by atoms with van der Waals surface area (Å²) < 4.78 is 5.56. The first kappa shape index (κ1) is 13.6. The van der Waals surface area contributed by atoms with Gasteiger partial charge in [-0.05, 0) is 36.6 Å². The lowest BCUT2D eigenvalue weighted by atomic mass is 10.2. The fourth-order valence-corrected chi connectivity index (χ4v) is 2.24. The molecule has 1 aliphatic carbocycles.